The molecule has 0 radical (unpaired) electrons. The van der Waals surface area contributed by atoms with Gasteiger partial charge in [-0.1, -0.05) is 24.6 Å². The highest BCUT2D eigenvalue weighted by molar-refractivity contribution is 5.89. The SMILES string of the molecule is CN(CCc1ccccc1C(=O)O)C(=O)C1(CN)CCC1. The Morgan fingerprint density at radius 1 is 1.33 bits per heavy atom. The molecule has 1 amide bonds. The number of amides is 1. The van der Waals surface area contributed by atoms with Gasteiger partial charge >= 0.3 is 5.97 Å². The molecule has 1 saturated carbocycles. The van der Waals surface area contributed by atoms with E-state index in [9.17, 15) is 9.59 Å². The van der Waals surface area contributed by atoms with Crippen LogP contribution in [0, 0.1) is 5.41 Å². The van der Waals surface area contributed by atoms with Gasteiger partial charge < -0.3 is 15.7 Å². The van der Waals surface area contributed by atoms with Crippen LogP contribution in [0.15, 0.2) is 24.3 Å². The maximum atomic E-state index is 12.4. The van der Waals surface area contributed by atoms with Gasteiger partial charge in [-0.3, -0.25) is 4.79 Å². The van der Waals surface area contributed by atoms with Gasteiger partial charge in [0, 0.05) is 20.1 Å². The number of benzene rings is 1. The minimum Gasteiger partial charge on any atom is -0.478 e. The van der Waals surface area contributed by atoms with Crippen LogP contribution in [0.4, 0.5) is 0 Å². The first kappa shape index (κ1) is 15.5. The smallest absolute Gasteiger partial charge is 0.335 e. The van der Waals surface area contributed by atoms with E-state index >= 15 is 0 Å². The molecule has 5 heteroatoms. The molecular formula is C16H22N2O3. The zero-order chi connectivity index (χ0) is 15.5. The minimum atomic E-state index is -0.933. The first-order chi connectivity index (χ1) is 10.00. The number of aromatic carboxylic acids is 1. The summed E-state index contributed by atoms with van der Waals surface area (Å²) in [6.07, 6.45) is 3.31. The van der Waals surface area contributed by atoms with E-state index in [-0.39, 0.29) is 11.3 Å². The lowest BCUT2D eigenvalue weighted by atomic mass is 9.68. The Morgan fingerprint density at radius 3 is 2.52 bits per heavy atom. The Balaban J connectivity index is 2.00. The van der Waals surface area contributed by atoms with Gasteiger partial charge in [-0.25, -0.2) is 4.79 Å². The van der Waals surface area contributed by atoms with Crippen molar-refractivity contribution in [3.63, 3.8) is 0 Å². The highest BCUT2D eigenvalue weighted by atomic mass is 16.4. The fourth-order valence-electron chi connectivity index (χ4n) is 2.85. The molecule has 0 unspecified atom stereocenters. The van der Waals surface area contributed by atoms with Crippen LogP contribution in [-0.2, 0) is 11.2 Å². The number of carboxylic acids is 1. The number of carbonyl (C=O) groups excluding carboxylic acids is 1. The normalized spacial score (nSPS) is 16.1. The highest BCUT2D eigenvalue weighted by Gasteiger charge is 2.44. The molecule has 0 spiro atoms. The van der Waals surface area contributed by atoms with Crippen molar-refractivity contribution in [3.05, 3.63) is 35.4 Å². The third-order valence-corrected chi connectivity index (χ3v) is 4.47. The Bertz CT molecular complexity index is 533. The van der Waals surface area contributed by atoms with E-state index in [0.29, 0.717) is 25.1 Å². The molecule has 0 atom stereocenters. The summed E-state index contributed by atoms with van der Waals surface area (Å²) >= 11 is 0. The monoisotopic (exact) mass is 290 g/mol. The molecule has 1 aliphatic carbocycles. The lowest BCUT2D eigenvalue weighted by molar-refractivity contribution is -0.145. The first-order valence-electron chi connectivity index (χ1n) is 7.27. The molecule has 0 heterocycles. The van der Waals surface area contributed by atoms with Crippen molar-refractivity contribution in [2.45, 2.75) is 25.7 Å². The predicted octanol–water partition coefficient (Wildman–Crippen LogP) is 1.51. The summed E-state index contributed by atoms with van der Waals surface area (Å²) in [6, 6.07) is 6.91. The van der Waals surface area contributed by atoms with Crippen LogP contribution in [0.1, 0.15) is 35.2 Å². The third-order valence-electron chi connectivity index (χ3n) is 4.47. The molecule has 5 nitrogen and oxygen atoms in total. The second-order valence-electron chi connectivity index (χ2n) is 5.78. The van der Waals surface area contributed by atoms with E-state index in [0.717, 1.165) is 24.8 Å². The minimum absolute atomic E-state index is 0.0871. The van der Waals surface area contributed by atoms with Crippen molar-refractivity contribution in [1.29, 1.82) is 0 Å². The molecule has 114 valence electrons. The second-order valence-corrected chi connectivity index (χ2v) is 5.78. The summed E-state index contributed by atoms with van der Waals surface area (Å²) in [5, 5.41) is 9.16. The quantitative estimate of drug-likeness (QED) is 0.832. The average molecular weight is 290 g/mol. The van der Waals surface area contributed by atoms with Crippen molar-refractivity contribution < 1.29 is 14.7 Å². The van der Waals surface area contributed by atoms with Gasteiger partial charge in [-0.2, -0.15) is 0 Å². The average Bonchev–Trinajstić information content (AvgIpc) is 2.44. The van der Waals surface area contributed by atoms with E-state index in [2.05, 4.69) is 0 Å². The Hall–Kier alpha value is -1.88. The molecule has 1 aromatic carbocycles. The second kappa shape index (κ2) is 6.26. The van der Waals surface area contributed by atoms with E-state index in [1.54, 1.807) is 30.1 Å². The van der Waals surface area contributed by atoms with Crippen LogP contribution in [0.2, 0.25) is 0 Å². The summed E-state index contributed by atoms with van der Waals surface area (Å²) in [5.74, 6) is -0.846. The van der Waals surface area contributed by atoms with E-state index in [1.807, 2.05) is 6.07 Å². The number of nitrogens with two attached hydrogens (primary N) is 1. The summed E-state index contributed by atoms with van der Waals surface area (Å²) in [5.41, 5.74) is 6.43. The number of hydrogen-bond donors (Lipinski definition) is 2. The van der Waals surface area contributed by atoms with Crippen molar-refractivity contribution in [1.82, 2.24) is 4.90 Å². The van der Waals surface area contributed by atoms with Crippen LogP contribution in [-0.4, -0.2) is 42.0 Å². The maximum absolute atomic E-state index is 12.4. The highest BCUT2D eigenvalue weighted by Crippen LogP contribution is 2.41. The molecule has 0 aliphatic heterocycles. The van der Waals surface area contributed by atoms with E-state index < -0.39 is 5.97 Å². The lowest BCUT2D eigenvalue weighted by Crippen LogP contribution is -2.51. The van der Waals surface area contributed by atoms with Crippen molar-refractivity contribution in [2.24, 2.45) is 11.1 Å². The van der Waals surface area contributed by atoms with Gasteiger partial charge in [0.2, 0.25) is 5.91 Å². The van der Waals surface area contributed by atoms with Crippen molar-refractivity contribution in [2.75, 3.05) is 20.1 Å². The molecule has 2 rings (SSSR count). The molecule has 1 fully saturated rings. The number of rotatable bonds is 6. The number of carboxylic acid groups (broad SMARTS) is 1. The Labute approximate surface area is 124 Å². The molecule has 21 heavy (non-hydrogen) atoms. The van der Waals surface area contributed by atoms with Gasteiger partial charge in [0.25, 0.3) is 0 Å². The molecule has 1 aliphatic rings. The van der Waals surface area contributed by atoms with E-state index in [4.69, 9.17) is 10.8 Å². The Morgan fingerprint density at radius 2 is 2.00 bits per heavy atom. The zero-order valence-corrected chi connectivity index (χ0v) is 12.3. The summed E-state index contributed by atoms with van der Waals surface area (Å²) in [6.45, 7) is 0.896. The van der Waals surface area contributed by atoms with E-state index in [1.165, 1.54) is 0 Å². The van der Waals surface area contributed by atoms with Crippen LogP contribution < -0.4 is 5.73 Å². The summed E-state index contributed by atoms with van der Waals surface area (Å²) in [4.78, 5) is 25.3. The topological polar surface area (TPSA) is 83.6 Å². The molecule has 0 aromatic heterocycles. The van der Waals surface area contributed by atoms with Gasteiger partial charge in [0.1, 0.15) is 0 Å². The Kier molecular flexibility index (Phi) is 4.63. The standard InChI is InChI=1S/C16H22N2O3/c1-18(15(21)16(11-17)8-4-9-16)10-7-12-5-2-3-6-13(12)14(19)20/h2-3,5-6H,4,7-11,17H2,1H3,(H,19,20). The predicted molar refractivity (Wildman–Crippen MR) is 80.1 cm³/mol. The molecular weight excluding hydrogens is 268 g/mol. The fourth-order valence-corrected chi connectivity index (χ4v) is 2.85. The van der Waals surface area contributed by atoms with Crippen molar-refractivity contribution in [3.8, 4) is 0 Å². The van der Waals surface area contributed by atoms with Gasteiger partial charge in [-0.15, -0.1) is 0 Å². The number of hydrogen-bond acceptors (Lipinski definition) is 3. The van der Waals surface area contributed by atoms with Crippen LogP contribution >= 0.6 is 0 Å². The third kappa shape index (κ3) is 3.08. The largest absolute Gasteiger partial charge is 0.478 e. The summed E-state index contributed by atoms with van der Waals surface area (Å²) < 4.78 is 0. The van der Waals surface area contributed by atoms with Gasteiger partial charge in [-0.05, 0) is 30.9 Å². The molecule has 1 aromatic rings. The van der Waals surface area contributed by atoms with Crippen molar-refractivity contribution >= 4 is 11.9 Å². The maximum Gasteiger partial charge on any atom is 0.335 e. The lowest BCUT2D eigenvalue weighted by Gasteiger charge is -2.41. The van der Waals surface area contributed by atoms with Crippen LogP contribution in [0.25, 0.3) is 0 Å². The number of carbonyl (C=O) groups is 2. The van der Waals surface area contributed by atoms with Crippen LogP contribution in [0.5, 0.6) is 0 Å². The number of nitrogens with zero attached hydrogens (tertiary/aromatic N) is 1. The number of likely N-dealkylation sites (N-methyl/N-ethyl adjacent to an activating group) is 1. The first-order valence-corrected chi connectivity index (χ1v) is 7.27. The summed E-state index contributed by atoms with van der Waals surface area (Å²) in [7, 11) is 1.77. The fraction of sp³-hybridized carbons (Fsp3) is 0.500. The van der Waals surface area contributed by atoms with Crippen LogP contribution in [0.3, 0.4) is 0 Å². The molecule has 0 bridgehead atoms. The zero-order valence-electron chi connectivity index (χ0n) is 12.3. The van der Waals surface area contributed by atoms with Gasteiger partial charge in [0.15, 0.2) is 0 Å². The van der Waals surface area contributed by atoms with Gasteiger partial charge in [0.05, 0.1) is 11.0 Å². The molecule has 3 N–H and O–H groups in total. The molecule has 0 saturated heterocycles.